The van der Waals surface area contributed by atoms with Crippen molar-refractivity contribution < 1.29 is 8.78 Å². The van der Waals surface area contributed by atoms with E-state index in [1.165, 1.54) is 6.07 Å². The molecule has 0 amide bonds. The van der Waals surface area contributed by atoms with Gasteiger partial charge in [-0.25, -0.2) is 8.78 Å². The van der Waals surface area contributed by atoms with E-state index in [0.717, 1.165) is 25.8 Å². The lowest BCUT2D eigenvalue weighted by Gasteiger charge is -2.71. The Hall–Kier alpha value is -0.960. The third kappa shape index (κ3) is 1.12. The number of hydrogen-bond acceptors (Lipinski definition) is 1. The highest BCUT2D eigenvalue weighted by molar-refractivity contribution is 5.40. The highest BCUT2D eigenvalue weighted by atomic mass is 19.2. The Balaban J connectivity index is 1.85. The minimum absolute atomic E-state index is 0.0525. The van der Waals surface area contributed by atoms with Gasteiger partial charge < -0.3 is 5.32 Å². The molecule has 4 rings (SSSR count). The smallest absolute Gasteiger partial charge is 0.162 e. The van der Waals surface area contributed by atoms with Gasteiger partial charge in [0.2, 0.25) is 0 Å². The van der Waals surface area contributed by atoms with Crippen molar-refractivity contribution in [2.45, 2.75) is 24.7 Å². The molecule has 3 heteroatoms. The largest absolute Gasteiger partial charge is 0.319 e. The van der Waals surface area contributed by atoms with Crippen LogP contribution in [0.3, 0.4) is 0 Å². The van der Waals surface area contributed by atoms with Crippen LogP contribution in [-0.2, 0) is 5.41 Å². The van der Waals surface area contributed by atoms with Crippen LogP contribution in [0.4, 0.5) is 8.78 Å². The molecule has 3 aliphatic carbocycles. The molecule has 0 spiro atoms. The van der Waals surface area contributed by atoms with Crippen molar-refractivity contribution >= 4 is 0 Å². The number of rotatable bonds is 3. The Kier molecular flexibility index (Phi) is 1.94. The minimum Gasteiger partial charge on any atom is -0.319 e. The van der Waals surface area contributed by atoms with E-state index in [2.05, 4.69) is 5.32 Å². The van der Waals surface area contributed by atoms with Crippen LogP contribution in [-0.4, -0.2) is 13.6 Å². The Bertz CT molecular complexity index is 422. The zero-order valence-corrected chi connectivity index (χ0v) is 9.32. The van der Waals surface area contributed by atoms with E-state index in [4.69, 9.17) is 0 Å². The second-order valence-corrected chi connectivity index (χ2v) is 5.44. The molecule has 0 unspecified atom stereocenters. The van der Waals surface area contributed by atoms with Crippen LogP contribution in [0, 0.1) is 17.0 Å². The molecular weight excluding hydrogens is 208 g/mol. The predicted octanol–water partition coefficient (Wildman–Crippen LogP) is 2.61. The molecule has 16 heavy (non-hydrogen) atoms. The van der Waals surface area contributed by atoms with Crippen LogP contribution in [0.2, 0.25) is 0 Å². The minimum atomic E-state index is -0.718. The summed E-state index contributed by atoms with van der Waals surface area (Å²) in [4.78, 5) is 0. The molecule has 3 aliphatic rings. The van der Waals surface area contributed by atoms with E-state index in [1.807, 2.05) is 7.05 Å². The molecule has 0 atom stereocenters. The number of halogens is 2. The topological polar surface area (TPSA) is 12.0 Å². The van der Waals surface area contributed by atoms with E-state index in [9.17, 15) is 8.78 Å². The first-order valence-corrected chi connectivity index (χ1v) is 5.70. The second kappa shape index (κ2) is 3.04. The SMILES string of the molecule is CNCC12CC(c3cccc(F)c3F)(C1)C2. The molecule has 3 fully saturated rings. The van der Waals surface area contributed by atoms with Gasteiger partial charge in [0.05, 0.1) is 0 Å². The van der Waals surface area contributed by atoms with Crippen LogP contribution >= 0.6 is 0 Å². The Morgan fingerprint density at radius 2 is 1.94 bits per heavy atom. The maximum Gasteiger partial charge on any atom is 0.162 e. The van der Waals surface area contributed by atoms with Crippen LogP contribution in [0.25, 0.3) is 0 Å². The van der Waals surface area contributed by atoms with Gasteiger partial charge in [-0.05, 0) is 43.4 Å². The van der Waals surface area contributed by atoms with E-state index in [0.29, 0.717) is 11.0 Å². The molecule has 1 aromatic rings. The summed E-state index contributed by atoms with van der Waals surface area (Å²) in [6, 6.07) is 4.54. The van der Waals surface area contributed by atoms with E-state index < -0.39 is 11.6 Å². The molecular formula is C13H15F2N. The normalized spacial score (nSPS) is 35.4. The fraction of sp³-hybridized carbons (Fsp3) is 0.538. The average Bonchev–Trinajstić information content (AvgIpc) is 2.14. The van der Waals surface area contributed by atoms with Crippen LogP contribution in [0.15, 0.2) is 18.2 Å². The van der Waals surface area contributed by atoms with Crippen molar-refractivity contribution in [1.82, 2.24) is 5.32 Å². The summed E-state index contributed by atoms with van der Waals surface area (Å²) in [6.45, 7) is 0.992. The predicted molar refractivity (Wildman–Crippen MR) is 58.2 cm³/mol. The van der Waals surface area contributed by atoms with Crippen molar-refractivity contribution in [2.75, 3.05) is 13.6 Å². The first-order valence-electron chi connectivity index (χ1n) is 5.70. The van der Waals surface area contributed by atoms with Crippen molar-refractivity contribution in [1.29, 1.82) is 0 Å². The quantitative estimate of drug-likeness (QED) is 0.830. The molecule has 3 saturated carbocycles. The lowest BCUT2D eigenvalue weighted by atomic mass is 9.33. The van der Waals surface area contributed by atoms with Gasteiger partial charge in [0.15, 0.2) is 11.6 Å². The Morgan fingerprint density at radius 3 is 2.56 bits per heavy atom. The molecule has 0 heterocycles. The summed E-state index contributed by atoms with van der Waals surface area (Å²) in [5, 5.41) is 3.17. The third-order valence-corrected chi connectivity index (χ3v) is 4.21. The first kappa shape index (κ1) is 10.2. The van der Waals surface area contributed by atoms with Gasteiger partial charge in [-0.1, -0.05) is 12.1 Å². The average molecular weight is 223 g/mol. The van der Waals surface area contributed by atoms with Gasteiger partial charge >= 0.3 is 0 Å². The van der Waals surface area contributed by atoms with Gasteiger partial charge in [-0.15, -0.1) is 0 Å². The van der Waals surface area contributed by atoms with Gasteiger partial charge in [0.25, 0.3) is 0 Å². The molecule has 1 aromatic carbocycles. The lowest BCUT2D eigenvalue weighted by molar-refractivity contribution is -0.138. The summed E-state index contributed by atoms with van der Waals surface area (Å²) in [7, 11) is 1.94. The molecule has 2 bridgehead atoms. The van der Waals surface area contributed by atoms with Gasteiger partial charge in [-0.3, -0.25) is 0 Å². The van der Waals surface area contributed by atoms with Gasteiger partial charge in [0.1, 0.15) is 0 Å². The highest BCUT2D eigenvalue weighted by Crippen LogP contribution is 2.73. The molecule has 1 N–H and O–H groups in total. The standard InChI is InChI=1S/C13H15F2N/c1-16-8-12-5-13(6-12,7-12)9-3-2-4-10(14)11(9)15/h2-4,16H,5-8H2,1H3. The maximum absolute atomic E-state index is 13.7. The summed E-state index contributed by atoms with van der Waals surface area (Å²) < 4.78 is 26.8. The second-order valence-electron chi connectivity index (χ2n) is 5.44. The van der Waals surface area contributed by atoms with Crippen molar-refractivity contribution in [3.63, 3.8) is 0 Å². The van der Waals surface area contributed by atoms with Crippen molar-refractivity contribution in [3.8, 4) is 0 Å². The maximum atomic E-state index is 13.7. The van der Waals surface area contributed by atoms with Crippen LogP contribution in [0.1, 0.15) is 24.8 Å². The highest BCUT2D eigenvalue weighted by Gasteiger charge is 2.68. The van der Waals surface area contributed by atoms with Crippen molar-refractivity contribution in [2.24, 2.45) is 5.41 Å². The number of benzene rings is 1. The first-order chi connectivity index (χ1) is 7.61. The monoisotopic (exact) mass is 223 g/mol. The summed E-state index contributed by atoms with van der Waals surface area (Å²) in [5.74, 6) is -1.36. The lowest BCUT2D eigenvalue weighted by Crippen LogP contribution is -2.67. The van der Waals surface area contributed by atoms with Gasteiger partial charge in [0, 0.05) is 12.0 Å². The molecule has 0 aromatic heterocycles. The molecule has 0 radical (unpaired) electrons. The Morgan fingerprint density at radius 1 is 1.25 bits per heavy atom. The van der Waals surface area contributed by atoms with Gasteiger partial charge in [-0.2, -0.15) is 0 Å². The zero-order valence-electron chi connectivity index (χ0n) is 9.32. The third-order valence-electron chi connectivity index (χ3n) is 4.21. The summed E-state index contributed by atoms with van der Waals surface area (Å²) >= 11 is 0. The number of nitrogens with one attached hydrogen (secondary N) is 1. The zero-order chi connectivity index (χ0) is 11.4. The molecule has 86 valence electrons. The summed E-state index contributed by atoms with van der Waals surface area (Å²) in [6.07, 6.45) is 3.00. The van der Waals surface area contributed by atoms with Crippen LogP contribution < -0.4 is 5.32 Å². The molecule has 1 nitrogen and oxygen atoms in total. The Labute approximate surface area is 93.9 Å². The molecule has 0 saturated heterocycles. The van der Waals surface area contributed by atoms with Crippen LogP contribution in [0.5, 0.6) is 0 Å². The van der Waals surface area contributed by atoms with E-state index in [-0.39, 0.29) is 5.41 Å². The summed E-state index contributed by atoms with van der Waals surface area (Å²) in [5.41, 5.74) is 0.904. The fourth-order valence-electron chi connectivity index (χ4n) is 3.76. The fourth-order valence-corrected chi connectivity index (χ4v) is 3.76. The van der Waals surface area contributed by atoms with Crippen molar-refractivity contribution in [3.05, 3.63) is 35.4 Å². The van der Waals surface area contributed by atoms with E-state index in [1.54, 1.807) is 12.1 Å². The van der Waals surface area contributed by atoms with E-state index >= 15 is 0 Å². The molecule has 0 aliphatic heterocycles. The number of hydrogen-bond donors (Lipinski definition) is 1.